The van der Waals surface area contributed by atoms with Crippen molar-refractivity contribution in [2.45, 2.75) is 90.2 Å². The fourth-order valence-corrected chi connectivity index (χ4v) is 4.55. The van der Waals surface area contributed by atoms with E-state index < -0.39 is 17.7 Å². The highest BCUT2D eigenvalue weighted by atomic mass is 16.6. The molecule has 192 valence electrons. The number of nitrogens with zero attached hydrogens (tertiary/aromatic N) is 2. The Morgan fingerprint density at radius 3 is 2.22 bits per heavy atom. The predicted octanol–water partition coefficient (Wildman–Crippen LogP) is 6.62. The molecule has 2 heterocycles. The zero-order valence-corrected chi connectivity index (χ0v) is 22.6. The Morgan fingerprint density at radius 1 is 1.00 bits per heavy atom. The Kier molecular flexibility index (Phi) is 7.00. The summed E-state index contributed by atoms with van der Waals surface area (Å²) in [6, 6.07) is 12.1. The third-order valence-electron chi connectivity index (χ3n) is 6.64. The first-order chi connectivity index (χ1) is 16.9. The van der Waals surface area contributed by atoms with E-state index >= 15 is 0 Å². The van der Waals surface area contributed by atoms with Gasteiger partial charge in [0.25, 0.3) is 0 Å². The van der Waals surface area contributed by atoms with E-state index in [1.54, 1.807) is 27.9 Å². The Labute approximate surface area is 214 Å². The molecule has 36 heavy (non-hydrogen) atoms. The van der Waals surface area contributed by atoms with Crippen molar-refractivity contribution < 1.29 is 19.1 Å². The number of hydrogen-bond donors (Lipinski definition) is 0. The molecule has 2 fully saturated rings. The average molecular weight is 491 g/mol. The molecule has 2 amide bonds. The summed E-state index contributed by atoms with van der Waals surface area (Å²) < 4.78 is 11.2. The van der Waals surface area contributed by atoms with Crippen molar-refractivity contribution in [3.63, 3.8) is 0 Å². The highest BCUT2D eigenvalue weighted by molar-refractivity contribution is 5.95. The molecule has 2 aliphatic rings. The minimum absolute atomic E-state index is 0.0289. The van der Waals surface area contributed by atoms with Gasteiger partial charge in [0.05, 0.1) is 18.8 Å². The first kappa shape index (κ1) is 25.9. The summed E-state index contributed by atoms with van der Waals surface area (Å²) in [6.07, 6.45) is 4.53. The Hall–Kier alpha value is -3.15. The van der Waals surface area contributed by atoms with E-state index in [9.17, 15) is 9.59 Å². The summed E-state index contributed by atoms with van der Waals surface area (Å²) in [7, 11) is 1.65. The van der Waals surface area contributed by atoms with E-state index in [0.717, 1.165) is 35.2 Å². The number of aromatic nitrogens is 1. The first-order valence-corrected chi connectivity index (χ1v) is 12.8. The lowest BCUT2D eigenvalue weighted by atomic mass is 9.86. The van der Waals surface area contributed by atoms with E-state index in [0.29, 0.717) is 24.6 Å². The molecule has 1 atom stereocenters. The van der Waals surface area contributed by atoms with Gasteiger partial charge in [-0.15, -0.1) is 0 Å². The third kappa shape index (κ3) is 5.80. The van der Waals surface area contributed by atoms with Crippen LogP contribution in [0.1, 0.15) is 95.5 Å². The van der Waals surface area contributed by atoms with Crippen molar-refractivity contribution in [3.05, 3.63) is 64.9 Å². The molecule has 1 saturated carbocycles. The van der Waals surface area contributed by atoms with Crippen LogP contribution >= 0.6 is 0 Å². The summed E-state index contributed by atoms with van der Waals surface area (Å²) in [5.41, 5.74) is 4.30. The summed E-state index contributed by atoms with van der Waals surface area (Å²) in [4.78, 5) is 31.8. The summed E-state index contributed by atoms with van der Waals surface area (Å²) in [6.45, 7) is 12.0. The molecule has 1 aromatic carbocycles. The van der Waals surface area contributed by atoms with Crippen LogP contribution < -0.4 is 4.74 Å². The second-order valence-corrected chi connectivity index (χ2v) is 11.8. The number of amides is 2. The molecule has 0 N–H and O–H groups in total. The number of imide groups is 1. The molecular weight excluding hydrogens is 452 g/mol. The van der Waals surface area contributed by atoms with Gasteiger partial charge in [-0.3, -0.25) is 4.79 Å². The maximum atomic E-state index is 12.9. The number of carbonyl (C=O) groups excluding carboxylic acids is 2. The van der Waals surface area contributed by atoms with E-state index in [-0.39, 0.29) is 11.3 Å². The Morgan fingerprint density at radius 2 is 1.67 bits per heavy atom. The topological polar surface area (TPSA) is 68.7 Å². The van der Waals surface area contributed by atoms with Gasteiger partial charge in [-0.25, -0.2) is 14.7 Å². The van der Waals surface area contributed by atoms with Gasteiger partial charge >= 0.3 is 6.09 Å². The molecule has 0 unspecified atom stereocenters. The van der Waals surface area contributed by atoms with Gasteiger partial charge in [0.1, 0.15) is 5.60 Å². The van der Waals surface area contributed by atoms with Crippen LogP contribution in [-0.2, 0) is 14.9 Å². The number of ether oxygens (including phenoxy) is 2. The van der Waals surface area contributed by atoms with Crippen molar-refractivity contribution >= 4 is 17.6 Å². The van der Waals surface area contributed by atoms with E-state index in [1.807, 2.05) is 12.1 Å². The molecule has 6 heteroatoms. The van der Waals surface area contributed by atoms with E-state index in [1.165, 1.54) is 10.5 Å². The lowest BCUT2D eigenvalue weighted by molar-refractivity contribution is -0.127. The molecule has 1 aliphatic heterocycles. The van der Waals surface area contributed by atoms with Crippen LogP contribution in [0.15, 0.2) is 42.5 Å². The van der Waals surface area contributed by atoms with Crippen LogP contribution in [0.25, 0.3) is 5.57 Å². The normalized spacial score (nSPS) is 19.0. The van der Waals surface area contributed by atoms with E-state index in [4.69, 9.17) is 14.5 Å². The fourth-order valence-electron chi connectivity index (χ4n) is 4.55. The minimum atomic E-state index is -0.687. The molecule has 0 radical (unpaired) electrons. The van der Waals surface area contributed by atoms with Gasteiger partial charge in [-0.2, -0.15) is 0 Å². The molecule has 4 rings (SSSR count). The fraction of sp³-hybridized carbons (Fsp3) is 0.500. The van der Waals surface area contributed by atoms with Crippen LogP contribution in [0.2, 0.25) is 0 Å². The lowest BCUT2D eigenvalue weighted by Gasteiger charge is -2.26. The zero-order chi connectivity index (χ0) is 26.3. The number of methoxy groups -OCH3 is 1. The van der Waals surface area contributed by atoms with Crippen molar-refractivity contribution in [3.8, 4) is 5.88 Å². The number of carbonyl (C=O) groups is 2. The molecular formula is C30H38N2O4. The molecule has 1 aliphatic carbocycles. The quantitative estimate of drug-likeness (QED) is 0.471. The molecule has 6 nitrogen and oxygen atoms in total. The van der Waals surface area contributed by atoms with Gasteiger partial charge in [-0.1, -0.05) is 57.2 Å². The van der Waals surface area contributed by atoms with Crippen molar-refractivity contribution in [2.75, 3.05) is 7.11 Å². The van der Waals surface area contributed by atoms with Crippen molar-refractivity contribution in [1.82, 2.24) is 9.88 Å². The standard InChI is InChI=1S/C30H38N2O4/c1-29(2,3)21-12-10-20(11-13-21)24(25-16-15-23(19-8-9-19)27(31-25)35-7)18-22-14-17-26(33)32(22)28(34)36-30(4,5)6/h10-13,15-16,18-19,22H,8-9,14,17H2,1-7H3/t22-/m1/s1. The smallest absolute Gasteiger partial charge is 0.417 e. The second kappa shape index (κ2) is 9.72. The lowest BCUT2D eigenvalue weighted by Crippen LogP contribution is -2.41. The van der Waals surface area contributed by atoms with Gasteiger partial charge in [0.2, 0.25) is 11.8 Å². The minimum Gasteiger partial charge on any atom is -0.481 e. The SMILES string of the molecule is COc1nc(C(=C[C@H]2CCC(=O)N2C(=O)OC(C)(C)C)c2ccc(C(C)(C)C)cc2)ccc1C1CC1. The van der Waals surface area contributed by atoms with Gasteiger partial charge < -0.3 is 9.47 Å². The highest BCUT2D eigenvalue weighted by Crippen LogP contribution is 2.44. The molecule has 1 aromatic heterocycles. The van der Waals surface area contributed by atoms with E-state index in [2.05, 4.69) is 51.1 Å². The number of likely N-dealkylation sites (tertiary alicyclic amines) is 1. The Balaban J connectivity index is 1.78. The number of pyridine rings is 1. The molecule has 0 spiro atoms. The largest absolute Gasteiger partial charge is 0.481 e. The van der Waals surface area contributed by atoms with Gasteiger partial charge in [-0.05, 0) is 68.6 Å². The molecule has 2 aromatic rings. The summed E-state index contributed by atoms with van der Waals surface area (Å²) in [5, 5.41) is 0. The number of hydrogen-bond acceptors (Lipinski definition) is 5. The predicted molar refractivity (Wildman–Crippen MR) is 141 cm³/mol. The molecule has 1 saturated heterocycles. The maximum Gasteiger partial charge on any atom is 0.417 e. The second-order valence-electron chi connectivity index (χ2n) is 11.8. The highest BCUT2D eigenvalue weighted by Gasteiger charge is 2.38. The van der Waals surface area contributed by atoms with Crippen LogP contribution in [-0.4, -0.2) is 40.6 Å². The van der Waals surface area contributed by atoms with Gasteiger partial charge in [0, 0.05) is 17.6 Å². The average Bonchev–Trinajstić information content (AvgIpc) is 3.57. The van der Waals surface area contributed by atoms with Crippen LogP contribution in [0, 0.1) is 0 Å². The summed E-state index contributed by atoms with van der Waals surface area (Å²) in [5.74, 6) is 0.927. The van der Waals surface area contributed by atoms with Crippen LogP contribution in [0.3, 0.4) is 0 Å². The van der Waals surface area contributed by atoms with Crippen molar-refractivity contribution in [1.29, 1.82) is 0 Å². The zero-order valence-electron chi connectivity index (χ0n) is 22.6. The molecule has 0 bridgehead atoms. The van der Waals surface area contributed by atoms with Crippen molar-refractivity contribution in [2.24, 2.45) is 0 Å². The number of benzene rings is 1. The summed E-state index contributed by atoms with van der Waals surface area (Å²) >= 11 is 0. The first-order valence-electron chi connectivity index (χ1n) is 12.8. The maximum absolute atomic E-state index is 12.9. The van der Waals surface area contributed by atoms with Crippen LogP contribution in [0.4, 0.5) is 4.79 Å². The third-order valence-corrected chi connectivity index (χ3v) is 6.64. The van der Waals surface area contributed by atoms with Crippen LogP contribution in [0.5, 0.6) is 5.88 Å². The Bertz CT molecular complexity index is 1160. The number of rotatable bonds is 5. The monoisotopic (exact) mass is 490 g/mol. The van der Waals surface area contributed by atoms with Gasteiger partial charge in [0.15, 0.2) is 0 Å².